The van der Waals surface area contributed by atoms with Crippen molar-refractivity contribution in [2.75, 3.05) is 6.61 Å². The maximum atomic E-state index is 12.0. The summed E-state index contributed by atoms with van der Waals surface area (Å²) in [6.45, 7) is 3.81. The standard InChI is InChI=1S/C17H23N3O3/c1-11(10-21)12(2)18-16(22)9-5-8-15-19-14-7-4-3-6-13(14)17(23)20-15/h3-4,6-7,11-12,21H,5,8-10H2,1-2H3,(H,18,22)(H,19,20,23). The van der Waals surface area contributed by atoms with Crippen molar-refractivity contribution >= 4 is 16.8 Å². The van der Waals surface area contributed by atoms with Gasteiger partial charge in [-0.25, -0.2) is 4.98 Å². The van der Waals surface area contributed by atoms with E-state index in [4.69, 9.17) is 5.11 Å². The highest BCUT2D eigenvalue weighted by Gasteiger charge is 2.13. The van der Waals surface area contributed by atoms with Crippen LogP contribution in [-0.2, 0) is 11.2 Å². The number of aromatic nitrogens is 2. The number of aryl methyl sites for hydroxylation is 1. The molecule has 1 aromatic heterocycles. The number of nitrogens with zero attached hydrogens (tertiary/aromatic N) is 1. The fraction of sp³-hybridized carbons (Fsp3) is 0.471. The van der Waals surface area contributed by atoms with Crippen LogP contribution in [0.5, 0.6) is 0 Å². The summed E-state index contributed by atoms with van der Waals surface area (Å²) < 4.78 is 0. The quantitative estimate of drug-likeness (QED) is 0.719. The molecular formula is C17H23N3O3. The highest BCUT2D eigenvalue weighted by Crippen LogP contribution is 2.07. The molecule has 2 rings (SSSR count). The normalized spacial score (nSPS) is 13.7. The summed E-state index contributed by atoms with van der Waals surface area (Å²) in [5, 5.41) is 12.5. The van der Waals surface area contributed by atoms with Crippen molar-refractivity contribution in [1.29, 1.82) is 0 Å². The van der Waals surface area contributed by atoms with E-state index in [-0.39, 0.29) is 30.0 Å². The van der Waals surface area contributed by atoms with E-state index in [1.54, 1.807) is 18.2 Å². The number of hydrogen-bond acceptors (Lipinski definition) is 4. The van der Waals surface area contributed by atoms with Crippen LogP contribution >= 0.6 is 0 Å². The van der Waals surface area contributed by atoms with Crippen LogP contribution < -0.4 is 10.9 Å². The number of carbonyl (C=O) groups excluding carboxylic acids is 1. The van der Waals surface area contributed by atoms with Crippen LogP contribution in [0.2, 0.25) is 0 Å². The Morgan fingerprint density at radius 1 is 1.35 bits per heavy atom. The fourth-order valence-corrected chi connectivity index (χ4v) is 2.30. The first-order chi connectivity index (χ1) is 11.0. The van der Waals surface area contributed by atoms with Gasteiger partial charge in [0, 0.05) is 25.5 Å². The van der Waals surface area contributed by atoms with Gasteiger partial charge in [0.2, 0.25) is 5.91 Å². The van der Waals surface area contributed by atoms with Crippen LogP contribution in [0.3, 0.4) is 0 Å². The Morgan fingerprint density at radius 2 is 2.09 bits per heavy atom. The van der Waals surface area contributed by atoms with Gasteiger partial charge in [-0.05, 0) is 31.4 Å². The zero-order valence-corrected chi connectivity index (χ0v) is 13.5. The Hall–Kier alpha value is -2.21. The number of nitrogens with one attached hydrogen (secondary N) is 2. The molecular weight excluding hydrogens is 294 g/mol. The first-order valence-electron chi connectivity index (χ1n) is 7.89. The lowest BCUT2D eigenvalue weighted by Crippen LogP contribution is -2.38. The van der Waals surface area contributed by atoms with Gasteiger partial charge < -0.3 is 15.4 Å². The highest BCUT2D eigenvalue weighted by molar-refractivity contribution is 5.77. The number of benzene rings is 1. The number of H-pyrrole nitrogens is 1. The lowest BCUT2D eigenvalue weighted by molar-refractivity contribution is -0.122. The maximum Gasteiger partial charge on any atom is 0.258 e. The molecule has 124 valence electrons. The van der Waals surface area contributed by atoms with Crippen molar-refractivity contribution in [3.63, 3.8) is 0 Å². The summed E-state index contributed by atoms with van der Waals surface area (Å²) in [4.78, 5) is 31.0. The molecule has 0 aliphatic heterocycles. The van der Waals surface area contributed by atoms with E-state index < -0.39 is 0 Å². The Bertz CT molecular complexity index is 726. The average molecular weight is 317 g/mol. The number of para-hydroxylation sites is 1. The number of amides is 1. The van der Waals surface area contributed by atoms with E-state index in [1.165, 1.54) is 0 Å². The lowest BCUT2D eigenvalue weighted by atomic mass is 10.0. The van der Waals surface area contributed by atoms with E-state index in [1.807, 2.05) is 19.9 Å². The van der Waals surface area contributed by atoms with Crippen LogP contribution in [0.4, 0.5) is 0 Å². The Labute approximate surface area is 135 Å². The molecule has 0 radical (unpaired) electrons. The second-order valence-corrected chi connectivity index (χ2v) is 5.90. The molecule has 0 saturated heterocycles. The SMILES string of the molecule is CC(CO)C(C)NC(=O)CCCc1nc2ccccc2c(=O)[nH]1. The topological polar surface area (TPSA) is 95.1 Å². The third-order valence-electron chi connectivity index (χ3n) is 4.01. The maximum absolute atomic E-state index is 12.0. The summed E-state index contributed by atoms with van der Waals surface area (Å²) in [6.07, 6.45) is 1.50. The second kappa shape index (κ2) is 7.87. The van der Waals surface area contributed by atoms with E-state index in [9.17, 15) is 9.59 Å². The molecule has 23 heavy (non-hydrogen) atoms. The van der Waals surface area contributed by atoms with Gasteiger partial charge >= 0.3 is 0 Å². The van der Waals surface area contributed by atoms with Gasteiger partial charge in [0.05, 0.1) is 10.9 Å². The molecule has 0 saturated carbocycles. The predicted octanol–water partition coefficient (Wildman–Crippen LogP) is 1.38. The number of aliphatic hydroxyl groups is 1. The van der Waals surface area contributed by atoms with Crippen molar-refractivity contribution in [2.24, 2.45) is 5.92 Å². The molecule has 0 spiro atoms. The van der Waals surface area contributed by atoms with Crippen LogP contribution in [0.25, 0.3) is 10.9 Å². The van der Waals surface area contributed by atoms with E-state index in [0.29, 0.717) is 36.0 Å². The molecule has 0 aliphatic rings. The molecule has 2 aromatic rings. The minimum Gasteiger partial charge on any atom is -0.396 e. The molecule has 0 aliphatic carbocycles. The summed E-state index contributed by atoms with van der Waals surface area (Å²) in [7, 11) is 0. The van der Waals surface area contributed by atoms with Gasteiger partial charge in [0.1, 0.15) is 5.82 Å². The fourth-order valence-electron chi connectivity index (χ4n) is 2.30. The van der Waals surface area contributed by atoms with E-state index >= 15 is 0 Å². The third-order valence-corrected chi connectivity index (χ3v) is 4.01. The van der Waals surface area contributed by atoms with Crippen molar-refractivity contribution in [3.8, 4) is 0 Å². The number of aromatic amines is 1. The van der Waals surface area contributed by atoms with Crippen LogP contribution in [0, 0.1) is 5.92 Å². The van der Waals surface area contributed by atoms with Gasteiger partial charge in [-0.2, -0.15) is 0 Å². The summed E-state index contributed by atoms with van der Waals surface area (Å²) in [6, 6.07) is 7.13. The Kier molecular flexibility index (Phi) is 5.87. The molecule has 1 aromatic carbocycles. The first-order valence-corrected chi connectivity index (χ1v) is 7.89. The molecule has 6 nitrogen and oxygen atoms in total. The molecule has 6 heteroatoms. The lowest BCUT2D eigenvalue weighted by Gasteiger charge is -2.19. The Balaban J connectivity index is 1.89. The van der Waals surface area contributed by atoms with Gasteiger partial charge in [-0.15, -0.1) is 0 Å². The van der Waals surface area contributed by atoms with E-state index in [0.717, 1.165) is 0 Å². The molecule has 0 fully saturated rings. The van der Waals surface area contributed by atoms with Crippen LogP contribution in [0.15, 0.2) is 29.1 Å². The number of rotatable bonds is 7. The van der Waals surface area contributed by atoms with Crippen LogP contribution in [0.1, 0.15) is 32.5 Å². The molecule has 1 heterocycles. The minimum atomic E-state index is -0.152. The number of aliphatic hydroxyl groups excluding tert-OH is 1. The first kappa shape index (κ1) is 17.1. The zero-order chi connectivity index (χ0) is 16.8. The largest absolute Gasteiger partial charge is 0.396 e. The van der Waals surface area contributed by atoms with Crippen molar-refractivity contribution < 1.29 is 9.90 Å². The van der Waals surface area contributed by atoms with Gasteiger partial charge in [0.25, 0.3) is 5.56 Å². The molecule has 1 amide bonds. The smallest absolute Gasteiger partial charge is 0.258 e. The van der Waals surface area contributed by atoms with Crippen LogP contribution in [-0.4, -0.2) is 33.6 Å². The number of fused-ring (bicyclic) bond motifs is 1. The zero-order valence-electron chi connectivity index (χ0n) is 13.5. The minimum absolute atomic E-state index is 0.0254. The average Bonchev–Trinajstić information content (AvgIpc) is 2.54. The summed E-state index contributed by atoms with van der Waals surface area (Å²) in [5.41, 5.74) is 0.515. The molecule has 2 unspecified atom stereocenters. The highest BCUT2D eigenvalue weighted by atomic mass is 16.3. The van der Waals surface area contributed by atoms with E-state index in [2.05, 4.69) is 15.3 Å². The predicted molar refractivity (Wildman–Crippen MR) is 89.2 cm³/mol. The monoisotopic (exact) mass is 317 g/mol. The van der Waals surface area contributed by atoms with Crippen molar-refractivity contribution in [3.05, 3.63) is 40.4 Å². The van der Waals surface area contributed by atoms with Gasteiger partial charge in [-0.3, -0.25) is 9.59 Å². The third kappa shape index (κ3) is 4.63. The summed E-state index contributed by atoms with van der Waals surface area (Å²) >= 11 is 0. The molecule has 0 bridgehead atoms. The van der Waals surface area contributed by atoms with Crippen molar-refractivity contribution in [2.45, 2.75) is 39.2 Å². The van der Waals surface area contributed by atoms with Crippen molar-refractivity contribution in [1.82, 2.24) is 15.3 Å². The van der Waals surface area contributed by atoms with Gasteiger partial charge in [0.15, 0.2) is 0 Å². The molecule has 3 N–H and O–H groups in total. The van der Waals surface area contributed by atoms with Gasteiger partial charge in [-0.1, -0.05) is 19.1 Å². The Morgan fingerprint density at radius 3 is 2.83 bits per heavy atom. The summed E-state index contributed by atoms with van der Waals surface area (Å²) in [5.74, 6) is 0.566. The number of hydrogen-bond donors (Lipinski definition) is 3. The number of carbonyl (C=O) groups is 1. The second-order valence-electron chi connectivity index (χ2n) is 5.90. The molecule has 2 atom stereocenters.